The Morgan fingerprint density at radius 2 is 1.46 bits per heavy atom. The lowest BCUT2D eigenvalue weighted by molar-refractivity contribution is -0.138. The van der Waals surface area contributed by atoms with Gasteiger partial charge in [-0.2, -0.15) is 0 Å². The van der Waals surface area contributed by atoms with Gasteiger partial charge in [-0.05, 0) is 43.5 Å². The Balaban J connectivity index is 1.53. The largest absolute Gasteiger partial charge is 0.340 e. The van der Waals surface area contributed by atoms with E-state index >= 15 is 0 Å². The van der Waals surface area contributed by atoms with Gasteiger partial charge in [-0.15, -0.1) is 0 Å². The molecule has 0 radical (unpaired) electrons. The number of piperazine rings is 1. The van der Waals surface area contributed by atoms with Crippen molar-refractivity contribution in [2.75, 3.05) is 46.3 Å². The summed E-state index contributed by atoms with van der Waals surface area (Å²) < 4.78 is 0. The van der Waals surface area contributed by atoms with Gasteiger partial charge >= 0.3 is 0 Å². The molecule has 0 saturated carbocycles. The number of hydrogen-bond acceptors (Lipinski definition) is 3. The molecular formula is C21H31N3O2. The highest BCUT2D eigenvalue weighted by Crippen LogP contribution is 2.22. The normalized spacial score (nSPS) is 19.8. The van der Waals surface area contributed by atoms with Crippen LogP contribution in [0.4, 0.5) is 0 Å². The number of likely N-dealkylation sites (tertiary alicyclic amines) is 1. The standard InChI is InChI=1S/C21H31N3O2/c1-16(2)17-4-6-18(7-5-17)20(25)23-10-8-19(9-11-23)21(26)24-14-12-22(3)13-15-24/h4-7,16,19H,8-15H2,1-3H3. The Kier molecular flexibility index (Phi) is 5.97. The fraction of sp³-hybridized carbons (Fsp3) is 0.619. The van der Waals surface area contributed by atoms with Crippen LogP contribution in [0.3, 0.4) is 0 Å². The van der Waals surface area contributed by atoms with Crippen LogP contribution < -0.4 is 0 Å². The molecule has 142 valence electrons. The molecule has 0 unspecified atom stereocenters. The van der Waals surface area contributed by atoms with E-state index in [1.165, 1.54) is 5.56 Å². The molecule has 2 saturated heterocycles. The number of hydrogen-bond donors (Lipinski definition) is 0. The summed E-state index contributed by atoms with van der Waals surface area (Å²) in [6, 6.07) is 7.95. The number of benzene rings is 1. The van der Waals surface area contributed by atoms with Gasteiger partial charge in [-0.1, -0.05) is 26.0 Å². The molecule has 2 aliphatic rings. The highest BCUT2D eigenvalue weighted by molar-refractivity contribution is 5.94. The van der Waals surface area contributed by atoms with Gasteiger partial charge in [-0.25, -0.2) is 0 Å². The fourth-order valence-corrected chi connectivity index (χ4v) is 3.81. The maximum Gasteiger partial charge on any atom is 0.253 e. The lowest BCUT2D eigenvalue weighted by Gasteiger charge is -2.37. The Labute approximate surface area is 156 Å². The second-order valence-corrected chi connectivity index (χ2v) is 7.97. The van der Waals surface area contributed by atoms with Crippen molar-refractivity contribution in [1.82, 2.24) is 14.7 Å². The third-order valence-electron chi connectivity index (χ3n) is 5.77. The highest BCUT2D eigenvalue weighted by atomic mass is 16.2. The second kappa shape index (κ2) is 8.21. The molecule has 2 heterocycles. The lowest BCUT2D eigenvalue weighted by atomic mass is 9.94. The number of likely N-dealkylation sites (N-methyl/N-ethyl adjacent to an activating group) is 1. The smallest absolute Gasteiger partial charge is 0.253 e. The molecule has 0 aliphatic carbocycles. The van der Waals surface area contributed by atoms with E-state index < -0.39 is 0 Å². The van der Waals surface area contributed by atoms with Crippen molar-refractivity contribution in [3.63, 3.8) is 0 Å². The summed E-state index contributed by atoms with van der Waals surface area (Å²) in [6.07, 6.45) is 1.56. The molecular weight excluding hydrogens is 326 g/mol. The highest BCUT2D eigenvalue weighted by Gasteiger charge is 2.31. The van der Waals surface area contributed by atoms with Gasteiger partial charge in [0.05, 0.1) is 0 Å². The first-order valence-electron chi connectivity index (χ1n) is 9.82. The van der Waals surface area contributed by atoms with Crippen molar-refractivity contribution in [2.45, 2.75) is 32.6 Å². The topological polar surface area (TPSA) is 43.9 Å². The van der Waals surface area contributed by atoms with Crippen LogP contribution in [0.1, 0.15) is 48.5 Å². The molecule has 5 nitrogen and oxygen atoms in total. The second-order valence-electron chi connectivity index (χ2n) is 7.97. The summed E-state index contributed by atoms with van der Waals surface area (Å²) in [5.74, 6) is 0.915. The average Bonchev–Trinajstić information content (AvgIpc) is 2.67. The van der Waals surface area contributed by atoms with Crippen molar-refractivity contribution in [3.8, 4) is 0 Å². The van der Waals surface area contributed by atoms with E-state index in [-0.39, 0.29) is 17.7 Å². The molecule has 3 rings (SSSR count). The van der Waals surface area contributed by atoms with Crippen LogP contribution in [0.25, 0.3) is 0 Å². The van der Waals surface area contributed by atoms with Crippen LogP contribution in [-0.2, 0) is 4.79 Å². The first kappa shape index (κ1) is 18.9. The summed E-state index contributed by atoms with van der Waals surface area (Å²) in [5.41, 5.74) is 2.00. The first-order valence-corrected chi connectivity index (χ1v) is 9.82. The van der Waals surface area contributed by atoms with Crippen LogP contribution in [0, 0.1) is 5.92 Å². The van der Waals surface area contributed by atoms with Gasteiger partial charge in [-0.3, -0.25) is 9.59 Å². The zero-order valence-electron chi connectivity index (χ0n) is 16.3. The minimum atomic E-state index is 0.0748. The van der Waals surface area contributed by atoms with E-state index in [1.54, 1.807) is 0 Å². The van der Waals surface area contributed by atoms with Crippen molar-refractivity contribution in [2.24, 2.45) is 5.92 Å². The van der Waals surface area contributed by atoms with E-state index in [9.17, 15) is 9.59 Å². The van der Waals surface area contributed by atoms with Gasteiger partial charge < -0.3 is 14.7 Å². The van der Waals surface area contributed by atoms with E-state index in [1.807, 2.05) is 34.1 Å². The molecule has 0 N–H and O–H groups in total. The Bertz CT molecular complexity index is 625. The van der Waals surface area contributed by atoms with Gasteiger partial charge in [0, 0.05) is 50.7 Å². The van der Waals surface area contributed by atoms with E-state index in [4.69, 9.17) is 0 Å². The third-order valence-corrected chi connectivity index (χ3v) is 5.77. The first-order chi connectivity index (χ1) is 12.5. The van der Waals surface area contributed by atoms with Crippen molar-refractivity contribution < 1.29 is 9.59 Å². The number of amides is 2. The molecule has 0 bridgehead atoms. The molecule has 0 spiro atoms. The van der Waals surface area contributed by atoms with E-state index in [0.717, 1.165) is 44.6 Å². The van der Waals surface area contributed by atoms with Gasteiger partial charge in [0.25, 0.3) is 5.91 Å². The van der Waals surface area contributed by atoms with Crippen molar-refractivity contribution in [1.29, 1.82) is 0 Å². The Morgan fingerprint density at radius 1 is 0.885 bits per heavy atom. The average molecular weight is 357 g/mol. The third kappa shape index (κ3) is 4.26. The number of piperidine rings is 1. The number of rotatable bonds is 3. The van der Waals surface area contributed by atoms with Crippen molar-refractivity contribution in [3.05, 3.63) is 35.4 Å². The minimum absolute atomic E-state index is 0.0748. The number of carbonyl (C=O) groups excluding carboxylic acids is 2. The van der Waals surface area contributed by atoms with Crippen LogP contribution in [0.5, 0.6) is 0 Å². The summed E-state index contributed by atoms with van der Waals surface area (Å²) in [4.78, 5) is 31.6. The SMILES string of the molecule is CC(C)c1ccc(C(=O)N2CCC(C(=O)N3CCN(C)CC3)CC2)cc1. The maximum absolute atomic E-state index is 12.7. The summed E-state index contributed by atoms with van der Waals surface area (Å²) in [5, 5.41) is 0. The zero-order valence-corrected chi connectivity index (χ0v) is 16.3. The molecule has 26 heavy (non-hydrogen) atoms. The van der Waals surface area contributed by atoms with E-state index in [0.29, 0.717) is 19.0 Å². The quantitative estimate of drug-likeness (QED) is 0.835. The zero-order chi connectivity index (χ0) is 18.7. The van der Waals surface area contributed by atoms with Crippen LogP contribution in [-0.4, -0.2) is 72.8 Å². The molecule has 2 amide bonds. The van der Waals surface area contributed by atoms with E-state index in [2.05, 4.69) is 25.8 Å². The van der Waals surface area contributed by atoms with Crippen LogP contribution >= 0.6 is 0 Å². The summed E-state index contributed by atoms with van der Waals surface area (Å²) in [7, 11) is 2.10. The van der Waals surface area contributed by atoms with Gasteiger partial charge in [0.15, 0.2) is 0 Å². The molecule has 1 aromatic rings. The Morgan fingerprint density at radius 3 is 2.00 bits per heavy atom. The van der Waals surface area contributed by atoms with Crippen LogP contribution in [0.2, 0.25) is 0 Å². The number of carbonyl (C=O) groups is 2. The maximum atomic E-state index is 12.7. The molecule has 0 atom stereocenters. The van der Waals surface area contributed by atoms with Crippen LogP contribution in [0.15, 0.2) is 24.3 Å². The molecule has 1 aromatic carbocycles. The minimum Gasteiger partial charge on any atom is -0.340 e. The molecule has 2 aliphatic heterocycles. The summed E-state index contributed by atoms with van der Waals surface area (Å²) in [6.45, 7) is 9.22. The Hall–Kier alpha value is -1.88. The molecule has 2 fully saturated rings. The molecule has 5 heteroatoms. The monoisotopic (exact) mass is 357 g/mol. The predicted octanol–water partition coefficient (Wildman–Crippen LogP) is 2.44. The van der Waals surface area contributed by atoms with Crippen molar-refractivity contribution >= 4 is 11.8 Å². The summed E-state index contributed by atoms with van der Waals surface area (Å²) >= 11 is 0. The molecule has 0 aromatic heterocycles. The lowest BCUT2D eigenvalue weighted by Crippen LogP contribution is -2.51. The fourth-order valence-electron chi connectivity index (χ4n) is 3.81. The predicted molar refractivity (Wildman–Crippen MR) is 103 cm³/mol. The van der Waals surface area contributed by atoms with Gasteiger partial charge in [0.2, 0.25) is 5.91 Å². The van der Waals surface area contributed by atoms with Gasteiger partial charge in [0.1, 0.15) is 0 Å². The number of nitrogens with zero attached hydrogens (tertiary/aromatic N) is 3.